The van der Waals surface area contributed by atoms with Crippen LogP contribution in [0.5, 0.6) is 0 Å². The van der Waals surface area contributed by atoms with Gasteiger partial charge in [-0.05, 0) is 75.6 Å². The summed E-state index contributed by atoms with van der Waals surface area (Å²) in [5, 5.41) is 0. The number of nitrogens with zero attached hydrogens (tertiary/aromatic N) is 2. The Labute approximate surface area is 178 Å². The minimum absolute atomic E-state index is 0.112. The van der Waals surface area contributed by atoms with Crippen molar-refractivity contribution in [2.75, 3.05) is 13.1 Å². The molecule has 0 saturated carbocycles. The van der Waals surface area contributed by atoms with Crippen LogP contribution in [0, 0.1) is 40.5 Å². The Bertz CT molecular complexity index is 1040. The predicted octanol–water partition coefficient (Wildman–Crippen LogP) is 3.57. The smallest absolute Gasteiger partial charge is 0.276 e. The van der Waals surface area contributed by atoms with Gasteiger partial charge in [-0.1, -0.05) is 13.0 Å². The number of oxazole rings is 1. The third-order valence-electron chi connectivity index (χ3n) is 6.09. The van der Waals surface area contributed by atoms with Crippen LogP contribution >= 0.6 is 0 Å². The van der Waals surface area contributed by atoms with Crippen LogP contribution in [0.4, 0.5) is 0 Å². The molecule has 0 radical (unpaired) electrons. The molecule has 1 aliphatic heterocycles. The lowest BCUT2D eigenvalue weighted by Crippen LogP contribution is -2.38. The molecule has 1 amide bonds. The summed E-state index contributed by atoms with van der Waals surface area (Å²) in [7, 11) is -3.76. The number of piperidine rings is 1. The van der Waals surface area contributed by atoms with E-state index in [0.717, 1.165) is 35.1 Å². The van der Waals surface area contributed by atoms with Crippen molar-refractivity contribution < 1.29 is 17.6 Å². The van der Waals surface area contributed by atoms with E-state index in [-0.39, 0.29) is 24.0 Å². The Morgan fingerprint density at radius 2 is 1.70 bits per heavy atom. The number of nitrogens with one attached hydrogen (secondary N) is 1. The van der Waals surface area contributed by atoms with E-state index in [1.165, 1.54) is 0 Å². The normalized spacial score (nSPS) is 15.6. The van der Waals surface area contributed by atoms with Gasteiger partial charge < -0.3 is 9.32 Å². The Hall–Kier alpha value is -2.19. The van der Waals surface area contributed by atoms with Gasteiger partial charge in [0.25, 0.3) is 5.91 Å². The Morgan fingerprint density at radius 1 is 1.13 bits per heavy atom. The predicted molar refractivity (Wildman–Crippen MR) is 115 cm³/mol. The van der Waals surface area contributed by atoms with Crippen LogP contribution in [0.2, 0.25) is 0 Å². The second kappa shape index (κ2) is 8.51. The molecule has 0 aliphatic carbocycles. The molecule has 0 spiro atoms. The summed E-state index contributed by atoms with van der Waals surface area (Å²) in [6.45, 7) is 12.6. The van der Waals surface area contributed by atoms with E-state index in [1.54, 1.807) is 11.8 Å². The fraction of sp³-hybridized carbons (Fsp3) is 0.545. The number of hydrogen-bond donors (Lipinski definition) is 1. The number of aryl methyl sites for hydroxylation is 3. The zero-order chi connectivity index (χ0) is 22.2. The minimum atomic E-state index is -3.76. The number of rotatable bonds is 5. The molecule has 1 saturated heterocycles. The molecule has 30 heavy (non-hydrogen) atoms. The lowest BCUT2D eigenvalue weighted by molar-refractivity contribution is 0.0690. The van der Waals surface area contributed by atoms with Crippen LogP contribution in [0.1, 0.15) is 64.2 Å². The molecule has 1 aliphatic rings. The summed E-state index contributed by atoms with van der Waals surface area (Å²) in [6.07, 6.45) is 1.95. The van der Waals surface area contributed by atoms with Crippen molar-refractivity contribution >= 4 is 15.9 Å². The zero-order valence-electron chi connectivity index (χ0n) is 18.6. The number of hydrogen-bond acceptors (Lipinski definition) is 5. The van der Waals surface area contributed by atoms with Crippen molar-refractivity contribution in [2.45, 2.75) is 65.8 Å². The highest BCUT2D eigenvalue weighted by Crippen LogP contribution is 2.26. The molecular weight excluding hydrogens is 402 g/mol. The molecule has 1 aromatic heterocycles. The van der Waals surface area contributed by atoms with Crippen LogP contribution in [0.15, 0.2) is 15.4 Å². The molecule has 164 valence electrons. The molecular formula is C22H31N3O4S. The van der Waals surface area contributed by atoms with Crippen molar-refractivity contribution in [3.63, 3.8) is 0 Å². The number of carbonyl (C=O) groups excluding carboxylic acids is 1. The molecule has 2 aromatic rings. The van der Waals surface area contributed by atoms with Crippen molar-refractivity contribution in [1.82, 2.24) is 14.6 Å². The number of likely N-dealkylation sites (tertiary alicyclic amines) is 1. The van der Waals surface area contributed by atoms with Crippen LogP contribution in [0.3, 0.4) is 0 Å². The molecule has 1 N–H and O–H groups in total. The Morgan fingerprint density at radius 3 is 2.27 bits per heavy atom. The van der Waals surface area contributed by atoms with Gasteiger partial charge in [0.15, 0.2) is 5.69 Å². The SMILES string of the molecule is Cc1cc(C)c(C)c(S(=O)(=O)NCc2nc(C(=O)N3CCC(C)CC3)c(C)o2)c1C. The number of benzene rings is 1. The average molecular weight is 434 g/mol. The molecule has 1 aromatic carbocycles. The monoisotopic (exact) mass is 433 g/mol. The van der Waals surface area contributed by atoms with E-state index in [0.29, 0.717) is 29.7 Å². The van der Waals surface area contributed by atoms with Gasteiger partial charge in [-0.2, -0.15) is 0 Å². The Kier molecular flexibility index (Phi) is 6.38. The van der Waals surface area contributed by atoms with Gasteiger partial charge in [-0.25, -0.2) is 18.1 Å². The van der Waals surface area contributed by atoms with Gasteiger partial charge >= 0.3 is 0 Å². The van der Waals surface area contributed by atoms with Crippen LogP contribution in [0.25, 0.3) is 0 Å². The molecule has 7 nitrogen and oxygen atoms in total. The molecule has 8 heteroatoms. The first-order valence-electron chi connectivity index (χ1n) is 10.3. The summed E-state index contributed by atoms with van der Waals surface area (Å²) < 4.78 is 34.2. The van der Waals surface area contributed by atoms with Crippen LogP contribution in [-0.2, 0) is 16.6 Å². The summed E-state index contributed by atoms with van der Waals surface area (Å²) >= 11 is 0. The van der Waals surface area contributed by atoms with E-state index in [2.05, 4.69) is 16.6 Å². The first-order valence-corrected chi connectivity index (χ1v) is 11.8. The van der Waals surface area contributed by atoms with Gasteiger partial charge in [-0.3, -0.25) is 4.79 Å². The van der Waals surface area contributed by atoms with Crippen molar-refractivity contribution in [3.8, 4) is 0 Å². The zero-order valence-corrected chi connectivity index (χ0v) is 19.4. The maximum atomic E-state index is 13.0. The van der Waals surface area contributed by atoms with E-state index in [1.807, 2.05) is 33.8 Å². The average Bonchev–Trinajstić information content (AvgIpc) is 3.06. The third-order valence-corrected chi connectivity index (χ3v) is 7.77. The lowest BCUT2D eigenvalue weighted by atomic mass is 9.99. The number of carbonyl (C=O) groups is 1. The number of aromatic nitrogens is 1. The highest BCUT2D eigenvalue weighted by molar-refractivity contribution is 7.89. The first kappa shape index (κ1) is 22.5. The molecule has 0 bridgehead atoms. The largest absolute Gasteiger partial charge is 0.444 e. The van der Waals surface area contributed by atoms with E-state index in [4.69, 9.17) is 4.42 Å². The van der Waals surface area contributed by atoms with Crippen molar-refractivity contribution in [1.29, 1.82) is 0 Å². The van der Waals surface area contributed by atoms with Crippen LogP contribution in [-0.4, -0.2) is 37.3 Å². The summed E-state index contributed by atoms with van der Waals surface area (Å²) in [6, 6.07) is 1.99. The van der Waals surface area contributed by atoms with E-state index in [9.17, 15) is 13.2 Å². The summed E-state index contributed by atoms with van der Waals surface area (Å²) in [5.74, 6) is 1.06. The fourth-order valence-corrected chi connectivity index (χ4v) is 5.49. The second-order valence-corrected chi connectivity index (χ2v) is 10.1. The lowest BCUT2D eigenvalue weighted by Gasteiger charge is -2.29. The molecule has 0 atom stereocenters. The van der Waals surface area contributed by atoms with Gasteiger partial charge in [0.2, 0.25) is 15.9 Å². The van der Waals surface area contributed by atoms with Gasteiger partial charge in [-0.15, -0.1) is 0 Å². The number of amides is 1. The molecule has 3 rings (SSSR count). The van der Waals surface area contributed by atoms with Gasteiger partial charge in [0.05, 0.1) is 11.4 Å². The van der Waals surface area contributed by atoms with E-state index < -0.39 is 10.0 Å². The quantitative estimate of drug-likeness (QED) is 0.778. The minimum Gasteiger partial charge on any atom is -0.444 e. The van der Waals surface area contributed by atoms with E-state index >= 15 is 0 Å². The third kappa shape index (κ3) is 4.44. The first-order chi connectivity index (χ1) is 14.0. The maximum absolute atomic E-state index is 13.0. The van der Waals surface area contributed by atoms with Gasteiger partial charge in [0, 0.05) is 13.1 Å². The maximum Gasteiger partial charge on any atom is 0.276 e. The summed E-state index contributed by atoms with van der Waals surface area (Å²) in [5.41, 5.74) is 3.56. The molecule has 0 unspecified atom stereocenters. The standard InChI is InChI=1S/C22H31N3O4S/c1-13-7-9-25(10-8-13)22(26)20-18(6)29-19(24-20)12-23-30(27,28)21-16(4)14(2)11-15(3)17(21)5/h11,13,23H,7-10,12H2,1-6H3. The van der Waals surface area contributed by atoms with Crippen LogP contribution < -0.4 is 4.72 Å². The highest BCUT2D eigenvalue weighted by Gasteiger charge is 2.27. The molecule has 2 heterocycles. The van der Waals surface area contributed by atoms with Crippen molar-refractivity contribution in [2.24, 2.45) is 5.92 Å². The summed E-state index contributed by atoms with van der Waals surface area (Å²) in [4.78, 5) is 19.2. The fourth-order valence-electron chi connectivity index (χ4n) is 3.90. The van der Waals surface area contributed by atoms with Crippen molar-refractivity contribution in [3.05, 3.63) is 45.7 Å². The Balaban J connectivity index is 1.77. The second-order valence-electron chi connectivity index (χ2n) is 8.40. The topological polar surface area (TPSA) is 92.5 Å². The van der Waals surface area contributed by atoms with Gasteiger partial charge in [0.1, 0.15) is 5.76 Å². The molecule has 1 fully saturated rings. The number of sulfonamides is 1. The highest BCUT2D eigenvalue weighted by atomic mass is 32.2.